The van der Waals surface area contributed by atoms with E-state index in [-0.39, 0.29) is 16.5 Å². The Hall–Kier alpha value is -2.15. The van der Waals surface area contributed by atoms with Gasteiger partial charge in [-0.05, 0) is 18.2 Å². The normalized spacial score (nSPS) is 10.1. The number of rotatable bonds is 3. The summed E-state index contributed by atoms with van der Waals surface area (Å²) >= 11 is 4.83. The second kappa shape index (κ2) is 5.01. The van der Waals surface area contributed by atoms with Gasteiger partial charge in [-0.1, -0.05) is 12.2 Å². The Balaban J connectivity index is 2.40. The van der Waals surface area contributed by atoms with E-state index in [0.717, 1.165) is 18.2 Å². The molecule has 2 rings (SSSR count). The SMILES string of the molecule is NC(=S)c1ccnnc1Nc1cc(F)ccc1F. The molecule has 0 spiro atoms. The van der Waals surface area contributed by atoms with E-state index in [1.165, 1.54) is 12.3 Å². The molecule has 0 amide bonds. The Labute approximate surface area is 107 Å². The molecule has 0 fully saturated rings. The zero-order chi connectivity index (χ0) is 13.1. The monoisotopic (exact) mass is 266 g/mol. The fourth-order valence-corrected chi connectivity index (χ4v) is 1.51. The minimum Gasteiger partial charge on any atom is -0.389 e. The quantitative estimate of drug-likeness (QED) is 0.833. The first kappa shape index (κ1) is 12.3. The molecule has 0 saturated carbocycles. The van der Waals surface area contributed by atoms with Crippen LogP contribution in [-0.4, -0.2) is 15.2 Å². The van der Waals surface area contributed by atoms with E-state index in [1.807, 2.05) is 0 Å². The summed E-state index contributed by atoms with van der Waals surface area (Å²) in [5.74, 6) is -1.01. The standard InChI is InChI=1S/C11H8F2N4S/c12-6-1-2-8(13)9(5-6)16-11-7(10(14)18)3-4-15-17-11/h1-5H,(H2,14,18)(H,16,17). The van der Waals surface area contributed by atoms with Crippen molar-refractivity contribution in [1.29, 1.82) is 0 Å². The summed E-state index contributed by atoms with van der Waals surface area (Å²) < 4.78 is 26.5. The number of nitrogens with two attached hydrogens (primary N) is 1. The summed E-state index contributed by atoms with van der Waals surface area (Å²) in [5, 5.41) is 9.99. The predicted octanol–water partition coefficient (Wildman–Crippen LogP) is 2.13. The van der Waals surface area contributed by atoms with E-state index in [9.17, 15) is 8.78 Å². The predicted molar refractivity (Wildman–Crippen MR) is 67.6 cm³/mol. The third-order valence-electron chi connectivity index (χ3n) is 2.17. The Kier molecular flexibility index (Phi) is 3.42. The highest BCUT2D eigenvalue weighted by Gasteiger charge is 2.10. The molecule has 0 radical (unpaired) electrons. The van der Waals surface area contributed by atoms with Gasteiger partial charge in [0.25, 0.3) is 0 Å². The first-order chi connectivity index (χ1) is 8.58. The van der Waals surface area contributed by atoms with Gasteiger partial charge in [0.1, 0.15) is 16.6 Å². The van der Waals surface area contributed by atoms with Gasteiger partial charge >= 0.3 is 0 Å². The number of hydrogen-bond acceptors (Lipinski definition) is 4. The molecule has 0 aliphatic carbocycles. The van der Waals surface area contributed by atoms with Crippen molar-refractivity contribution in [2.45, 2.75) is 0 Å². The van der Waals surface area contributed by atoms with E-state index in [2.05, 4.69) is 15.5 Å². The summed E-state index contributed by atoms with van der Waals surface area (Å²) in [6.45, 7) is 0. The maximum atomic E-state index is 13.4. The molecular weight excluding hydrogens is 258 g/mol. The molecule has 2 aromatic rings. The van der Waals surface area contributed by atoms with Crippen LogP contribution in [0.15, 0.2) is 30.5 Å². The minimum atomic E-state index is -0.615. The van der Waals surface area contributed by atoms with Crippen LogP contribution in [0.4, 0.5) is 20.3 Å². The second-order valence-corrected chi connectivity index (χ2v) is 3.85. The molecule has 18 heavy (non-hydrogen) atoms. The number of anilines is 2. The number of hydrogen-bond donors (Lipinski definition) is 2. The van der Waals surface area contributed by atoms with E-state index >= 15 is 0 Å². The van der Waals surface area contributed by atoms with Crippen molar-refractivity contribution in [3.8, 4) is 0 Å². The maximum Gasteiger partial charge on any atom is 0.163 e. The van der Waals surface area contributed by atoms with Crippen LogP contribution >= 0.6 is 12.2 Å². The molecule has 0 atom stereocenters. The highest BCUT2D eigenvalue weighted by Crippen LogP contribution is 2.21. The maximum absolute atomic E-state index is 13.4. The molecular formula is C11H8F2N4S. The largest absolute Gasteiger partial charge is 0.389 e. The van der Waals surface area contributed by atoms with Crippen LogP contribution in [0.3, 0.4) is 0 Å². The van der Waals surface area contributed by atoms with E-state index < -0.39 is 11.6 Å². The summed E-state index contributed by atoms with van der Waals surface area (Å²) in [6, 6.07) is 4.57. The molecule has 1 heterocycles. The zero-order valence-electron chi connectivity index (χ0n) is 9.02. The van der Waals surface area contributed by atoms with Crippen LogP contribution in [0.2, 0.25) is 0 Å². The summed E-state index contributed by atoms with van der Waals surface area (Å²) in [5.41, 5.74) is 5.84. The number of halogens is 2. The van der Waals surface area contributed by atoms with E-state index in [1.54, 1.807) is 0 Å². The van der Waals surface area contributed by atoms with Gasteiger partial charge in [-0.3, -0.25) is 0 Å². The van der Waals surface area contributed by atoms with Crippen LogP contribution < -0.4 is 11.1 Å². The molecule has 3 N–H and O–H groups in total. The number of aromatic nitrogens is 2. The molecule has 92 valence electrons. The smallest absolute Gasteiger partial charge is 0.163 e. The molecule has 0 bridgehead atoms. The first-order valence-electron chi connectivity index (χ1n) is 4.91. The lowest BCUT2D eigenvalue weighted by Gasteiger charge is -2.09. The van der Waals surface area contributed by atoms with Crippen molar-refractivity contribution >= 4 is 28.7 Å². The summed E-state index contributed by atoms with van der Waals surface area (Å²) in [7, 11) is 0. The van der Waals surface area contributed by atoms with E-state index in [0.29, 0.717) is 5.56 Å². The van der Waals surface area contributed by atoms with Gasteiger partial charge in [-0.15, -0.1) is 5.10 Å². The zero-order valence-corrected chi connectivity index (χ0v) is 9.84. The lowest BCUT2D eigenvalue weighted by atomic mass is 10.2. The molecule has 7 heteroatoms. The lowest BCUT2D eigenvalue weighted by molar-refractivity contribution is 0.603. The summed E-state index contributed by atoms with van der Waals surface area (Å²) in [6.07, 6.45) is 1.40. The van der Waals surface area contributed by atoms with Crippen LogP contribution in [0.1, 0.15) is 5.56 Å². The highest BCUT2D eigenvalue weighted by atomic mass is 32.1. The second-order valence-electron chi connectivity index (χ2n) is 3.41. The van der Waals surface area contributed by atoms with Crippen molar-refractivity contribution in [1.82, 2.24) is 10.2 Å². The Bertz CT molecular complexity index is 603. The fourth-order valence-electron chi connectivity index (χ4n) is 1.34. The van der Waals surface area contributed by atoms with Gasteiger partial charge in [0, 0.05) is 6.07 Å². The molecule has 1 aromatic carbocycles. The molecule has 4 nitrogen and oxygen atoms in total. The van der Waals surface area contributed by atoms with Crippen molar-refractivity contribution in [2.75, 3.05) is 5.32 Å². The van der Waals surface area contributed by atoms with Gasteiger partial charge in [0.2, 0.25) is 0 Å². The number of nitrogens with zero attached hydrogens (tertiary/aromatic N) is 2. The van der Waals surface area contributed by atoms with Crippen LogP contribution in [0.25, 0.3) is 0 Å². The van der Waals surface area contributed by atoms with Crippen LogP contribution in [-0.2, 0) is 0 Å². The Morgan fingerprint density at radius 3 is 2.78 bits per heavy atom. The van der Waals surface area contributed by atoms with Gasteiger partial charge in [-0.2, -0.15) is 5.10 Å². The first-order valence-corrected chi connectivity index (χ1v) is 5.32. The summed E-state index contributed by atoms with van der Waals surface area (Å²) in [4.78, 5) is 0.0872. The molecule has 0 aliphatic heterocycles. The van der Waals surface area contributed by atoms with Gasteiger partial charge in [-0.25, -0.2) is 8.78 Å². The van der Waals surface area contributed by atoms with E-state index in [4.69, 9.17) is 18.0 Å². The number of nitrogens with one attached hydrogen (secondary N) is 1. The third-order valence-corrected chi connectivity index (χ3v) is 2.39. The van der Waals surface area contributed by atoms with Crippen molar-refractivity contribution in [2.24, 2.45) is 5.73 Å². The highest BCUT2D eigenvalue weighted by molar-refractivity contribution is 7.80. The molecule has 0 unspecified atom stereocenters. The van der Waals surface area contributed by atoms with Crippen LogP contribution in [0.5, 0.6) is 0 Å². The Morgan fingerprint density at radius 2 is 2.06 bits per heavy atom. The fraction of sp³-hybridized carbons (Fsp3) is 0. The molecule has 0 saturated heterocycles. The van der Waals surface area contributed by atoms with Gasteiger partial charge < -0.3 is 11.1 Å². The Morgan fingerprint density at radius 1 is 1.28 bits per heavy atom. The van der Waals surface area contributed by atoms with Crippen LogP contribution in [0, 0.1) is 11.6 Å². The average molecular weight is 266 g/mol. The molecule has 0 aliphatic rings. The van der Waals surface area contributed by atoms with Crippen molar-refractivity contribution in [3.05, 3.63) is 47.7 Å². The number of benzene rings is 1. The van der Waals surface area contributed by atoms with Gasteiger partial charge in [0.05, 0.1) is 17.4 Å². The van der Waals surface area contributed by atoms with Crippen molar-refractivity contribution in [3.63, 3.8) is 0 Å². The third kappa shape index (κ3) is 2.57. The number of thiocarbonyl (C=S) groups is 1. The average Bonchev–Trinajstić information content (AvgIpc) is 2.34. The topological polar surface area (TPSA) is 63.8 Å². The molecule has 1 aromatic heterocycles. The van der Waals surface area contributed by atoms with Gasteiger partial charge in [0.15, 0.2) is 5.82 Å². The van der Waals surface area contributed by atoms with Crippen molar-refractivity contribution < 1.29 is 8.78 Å². The minimum absolute atomic E-state index is 0.0620. The lowest BCUT2D eigenvalue weighted by Crippen LogP contribution is -2.13.